The summed E-state index contributed by atoms with van der Waals surface area (Å²) in [5, 5.41) is 13.5. The Labute approximate surface area is 200 Å². The molecular weight excluding hydrogens is 509 g/mol. The minimum atomic E-state index is -0.576. The second-order valence-electron chi connectivity index (χ2n) is 6.97. The molecule has 0 saturated carbocycles. The number of nitrogens with two attached hydrogens (primary N) is 1. The summed E-state index contributed by atoms with van der Waals surface area (Å²) in [5.41, 5.74) is 8.68. The van der Waals surface area contributed by atoms with Gasteiger partial charge in [0.25, 0.3) is 5.91 Å². The fraction of sp³-hybridized carbons (Fsp3) is 0.429. The summed E-state index contributed by atoms with van der Waals surface area (Å²) in [6.45, 7) is 8.78. The molecule has 0 radical (unpaired) electrons. The lowest BCUT2D eigenvalue weighted by Crippen LogP contribution is -2.38. The number of halogens is 1. The topological polar surface area (TPSA) is 126 Å². The summed E-state index contributed by atoms with van der Waals surface area (Å²) in [6, 6.07) is 9.17. The van der Waals surface area contributed by atoms with Crippen molar-refractivity contribution in [2.45, 2.75) is 40.3 Å². The highest BCUT2D eigenvalue weighted by atomic mass is 127. The molecule has 0 atom stereocenters. The van der Waals surface area contributed by atoms with E-state index in [0.717, 1.165) is 43.3 Å². The highest BCUT2D eigenvalue weighted by Gasteiger charge is 2.06. The summed E-state index contributed by atoms with van der Waals surface area (Å²) in [5.74, 6) is -0.164. The van der Waals surface area contributed by atoms with Gasteiger partial charge in [-0.3, -0.25) is 14.3 Å². The molecule has 2 aromatic rings. The van der Waals surface area contributed by atoms with Crippen molar-refractivity contribution in [3.05, 3.63) is 52.8 Å². The number of aliphatic imine (C=N–C) groups is 1. The van der Waals surface area contributed by atoms with E-state index < -0.39 is 5.91 Å². The van der Waals surface area contributed by atoms with Gasteiger partial charge in [-0.1, -0.05) is 12.1 Å². The quantitative estimate of drug-likeness (QED) is 0.157. The number of carbonyl (C=O) groups is 2. The molecule has 5 N–H and O–H groups in total. The van der Waals surface area contributed by atoms with Crippen LogP contribution in [0.15, 0.2) is 35.3 Å². The number of nitrogens with zero attached hydrogens (tertiary/aromatic N) is 3. The van der Waals surface area contributed by atoms with Crippen molar-refractivity contribution >= 4 is 41.8 Å². The molecule has 1 heterocycles. The molecule has 10 heteroatoms. The van der Waals surface area contributed by atoms with E-state index in [-0.39, 0.29) is 36.4 Å². The van der Waals surface area contributed by atoms with E-state index in [4.69, 9.17) is 5.73 Å². The second-order valence-corrected chi connectivity index (χ2v) is 6.97. The number of nitrogens with one attached hydrogen (secondary N) is 3. The first-order valence-corrected chi connectivity index (χ1v) is 10.1. The van der Waals surface area contributed by atoms with Gasteiger partial charge in [0.2, 0.25) is 5.91 Å². The molecule has 0 aliphatic heterocycles. The zero-order chi connectivity index (χ0) is 21.9. The molecule has 31 heavy (non-hydrogen) atoms. The first-order valence-electron chi connectivity index (χ1n) is 10.1. The third-order valence-corrected chi connectivity index (χ3v) is 4.35. The summed E-state index contributed by atoms with van der Waals surface area (Å²) >= 11 is 0. The number of carbonyl (C=O) groups excluding carboxylic acids is 2. The maximum absolute atomic E-state index is 11.9. The van der Waals surface area contributed by atoms with Crippen molar-refractivity contribution in [2.75, 3.05) is 19.6 Å². The van der Waals surface area contributed by atoms with Crippen LogP contribution < -0.4 is 21.7 Å². The Morgan fingerprint density at radius 1 is 1.13 bits per heavy atom. The molecule has 1 aromatic heterocycles. The molecule has 0 aliphatic carbocycles. The minimum Gasteiger partial charge on any atom is -0.368 e. The van der Waals surface area contributed by atoms with Gasteiger partial charge < -0.3 is 21.7 Å². The van der Waals surface area contributed by atoms with E-state index in [1.807, 2.05) is 30.7 Å². The third-order valence-electron chi connectivity index (χ3n) is 4.35. The van der Waals surface area contributed by atoms with E-state index in [2.05, 4.69) is 39.0 Å². The minimum absolute atomic E-state index is 0. The van der Waals surface area contributed by atoms with Gasteiger partial charge >= 0.3 is 0 Å². The van der Waals surface area contributed by atoms with Crippen LogP contribution in [0, 0.1) is 13.8 Å². The number of guanidine groups is 1. The predicted octanol–water partition coefficient (Wildman–Crippen LogP) is 1.48. The third kappa shape index (κ3) is 9.37. The summed E-state index contributed by atoms with van der Waals surface area (Å²) in [7, 11) is 0. The van der Waals surface area contributed by atoms with Gasteiger partial charge in [-0.15, -0.1) is 24.0 Å². The normalized spacial score (nSPS) is 10.9. The Hall–Kier alpha value is -2.63. The fourth-order valence-electron chi connectivity index (χ4n) is 2.88. The molecular formula is C21H32IN7O2. The predicted molar refractivity (Wildman–Crippen MR) is 133 cm³/mol. The van der Waals surface area contributed by atoms with Crippen LogP contribution in [0.25, 0.3) is 0 Å². The standard InChI is InChI=1S/C21H31N7O2.HI/c1-4-23-21(24-10-5-11-28-16(3)12-15(2)27-28)26-13-17-6-8-18(9-7-17)20(30)25-14-19(22)29;/h6-9,12H,4-5,10-11,13-14H2,1-3H3,(H2,22,29)(H,25,30)(H2,23,24,26);1H. The largest absolute Gasteiger partial charge is 0.368 e. The maximum atomic E-state index is 11.9. The van der Waals surface area contributed by atoms with Crippen LogP contribution in [-0.4, -0.2) is 47.2 Å². The van der Waals surface area contributed by atoms with Gasteiger partial charge in [-0.25, -0.2) is 4.99 Å². The lowest BCUT2D eigenvalue weighted by atomic mass is 10.1. The Kier molecular flexibility index (Phi) is 11.6. The fourth-order valence-corrected chi connectivity index (χ4v) is 2.88. The zero-order valence-electron chi connectivity index (χ0n) is 18.3. The molecule has 0 fully saturated rings. The molecule has 9 nitrogen and oxygen atoms in total. The first-order chi connectivity index (χ1) is 14.4. The summed E-state index contributed by atoms with van der Waals surface area (Å²) < 4.78 is 2.02. The molecule has 2 amide bonds. The number of primary amides is 1. The Balaban J connectivity index is 0.00000480. The van der Waals surface area contributed by atoms with Crippen molar-refractivity contribution < 1.29 is 9.59 Å². The lowest BCUT2D eigenvalue weighted by molar-refractivity contribution is -0.117. The molecule has 0 saturated heterocycles. The van der Waals surface area contributed by atoms with Crippen molar-refractivity contribution in [1.29, 1.82) is 0 Å². The molecule has 170 valence electrons. The van der Waals surface area contributed by atoms with E-state index in [1.165, 1.54) is 5.69 Å². The number of amides is 2. The van der Waals surface area contributed by atoms with Crippen molar-refractivity contribution in [2.24, 2.45) is 10.7 Å². The van der Waals surface area contributed by atoms with Gasteiger partial charge in [0.15, 0.2) is 5.96 Å². The van der Waals surface area contributed by atoms with Gasteiger partial charge in [0, 0.05) is 30.9 Å². The van der Waals surface area contributed by atoms with Crippen LogP contribution in [0.2, 0.25) is 0 Å². The smallest absolute Gasteiger partial charge is 0.251 e. The van der Waals surface area contributed by atoms with Gasteiger partial charge in [-0.05, 0) is 51.0 Å². The molecule has 0 aliphatic rings. The maximum Gasteiger partial charge on any atom is 0.251 e. The second kappa shape index (κ2) is 13.6. The average molecular weight is 541 g/mol. The molecule has 2 rings (SSSR count). The Bertz CT molecular complexity index is 878. The van der Waals surface area contributed by atoms with Crippen molar-refractivity contribution in [1.82, 2.24) is 25.7 Å². The summed E-state index contributed by atoms with van der Waals surface area (Å²) in [4.78, 5) is 27.3. The number of aryl methyl sites for hydroxylation is 3. The highest BCUT2D eigenvalue weighted by Crippen LogP contribution is 2.06. The highest BCUT2D eigenvalue weighted by molar-refractivity contribution is 14.0. The van der Waals surface area contributed by atoms with Gasteiger partial charge in [0.05, 0.1) is 18.8 Å². The number of hydrogen-bond acceptors (Lipinski definition) is 4. The van der Waals surface area contributed by atoms with Crippen molar-refractivity contribution in [3.63, 3.8) is 0 Å². The number of rotatable bonds is 10. The average Bonchev–Trinajstić information content (AvgIpc) is 3.04. The zero-order valence-corrected chi connectivity index (χ0v) is 20.6. The molecule has 0 unspecified atom stereocenters. The Morgan fingerprint density at radius 3 is 2.42 bits per heavy atom. The Morgan fingerprint density at radius 2 is 1.84 bits per heavy atom. The van der Waals surface area contributed by atoms with E-state index in [9.17, 15) is 9.59 Å². The molecule has 0 spiro atoms. The first kappa shape index (κ1) is 26.4. The van der Waals surface area contributed by atoms with E-state index in [1.54, 1.807) is 12.1 Å². The number of hydrogen-bond donors (Lipinski definition) is 4. The SMILES string of the molecule is CCNC(=NCc1ccc(C(=O)NCC(N)=O)cc1)NCCCn1nc(C)cc1C.I. The van der Waals surface area contributed by atoms with Crippen LogP contribution in [0.1, 0.15) is 40.7 Å². The van der Waals surface area contributed by atoms with Crippen LogP contribution >= 0.6 is 24.0 Å². The van der Waals surface area contributed by atoms with E-state index >= 15 is 0 Å². The van der Waals surface area contributed by atoms with Crippen LogP contribution in [-0.2, 0) is 17.9 Å². The van der Waals surface area contributed by atoms with Gasteiger partial charge in [0.1, 0.15) is 0 Å². The molecule has 0 bridgehead atoms. The molecule has 1 aromatic carbocycles. The van der Waals surface area contributed by atoms with E-state index in [0.29, 0.717) is 12.1 Å². The van der Waals surface area contributed by atoms with Crippen LogP contribution in [0.5, 0.6) is 0 Å². The van der Waals surface area contributed by atoms with Crippen LogP contribution in [0.4, 0.5) is 0 Å². The van der Waals surface area contributed by atoms with Crippen LogP contribution in [0.3, 0.4) is 0 Å². The number of benzene rings is 1. The summed E-state index contributed by atoms with van der Waals surface area (Å²) in [6.07, 6.45) is 0.932. The van der Waals surface area contributed by atoms with Crippen molar-refractivity contribution in [3.8, 4) is 0 Å². The lowest BCUT2D eigenvalue weighted by Gasteiger charge is -2.12. The monoisotopic (exact) mass is 541 g/mol. The van der Waals surface area contributed by atoms with Gasteiger partial charge in [-0.2, -0.15) is 5.10 Å². The number of aromatic nitrogens is 2.